The Hall–Kier alpha value is -1.26. The van der Waals surface area contributed by atoms with Gasteiger partial charge in [-0.1, -0.05) is 30.7 Å². The highest BCUT2D eigenvalue weighted by molar-refractivity contribution is 6.30. The quantitative estimate of drug-likeness (QED) is 0.807. The smallest absolute Gasteiger partial charge is 0.317 e. The normalized spacial score (nSPS) is 10.3. The Morgan fingerprint density at radius 2 is 2.00 bits per heavy atom. The van der Waals surface area contributed by atoms with Crippen LogP contribution in [0.1, 0.15) is 18.9 Å². The zero-order valence-corrected chi connectivity index (χ0v) is 12.0. The zero-order chi connectivity index (χ0) is 14.1. The van der Waals surface area contributed by atoms with Crippen LogP contribution in [0.5, 0.6) is 0 Å². The first-order chi connectivity index (χ1) is 9.17. The van der Waals surface area contributed by atoms with E-state index in [4.69, 9.17) is 16.7 Å². The van der Waals surface area contributed by atoms with Crippen LogP contribution in [0.15, 0.2) is 24.3 Å². The topological polar surface area (TPSA) is 52.6 Å². The number of aliphatic hydroxyl groups excluding tert-OH is 1. The lowest BCUT2D eigenvalue weighted by Crippen LogP contribution is -2.42. The fourth-order valence-corrected chi connectivity index (χ4v) is 1.91. The van der Waals surface area contributed by atoms with Gasteiger partial charge in [0.25, 0.3) is 0 Å². The summed E-state index contributed by atoms with van der Waals surface area (Å²) in [7, 11) is 0. The predicted molar refractivity (Wildman–Crippen MR) is 77.5 cm³/mol. The van der Waals surface area contributed by atoms with Crippen molar-refractivity contribution in [2.45, 2.75) is 19.8 Å². The fourth-order valence-electron chi connectivity index (χ4n) is 1.78. The molecule has 19 heavy (non-hydrogen) atoms. The third kappa shape index (κ3) is 5.94. The number of hydrogen-bond donors (Lipinski definition) is 2. The van der Waals surface area contributed by atoms with E-state index in [1.54, 1.807) is 4.90 Å². The van der Waals surface area contributed by atoms with E-state index < -0.39 is 0 Å². The van der Waals surface area contributed by atoms with E-state index in [0.717, 1.165) is 18.4 Å². The maximum absolute atomic E-state index is 11.9. The van der Waals surface area contributed by atoms with Gasteiger partial charge in [-0.3, -0.25) is 0 Å². The SMILES string of the molecule is CCCN(CCO)C(=O)NCCc1ccc(Cl)cc1. The molecule has 1 rings (SSSR count). The van der Waals surface area contributed by atoms with Crippen LogP contribution in [0.4, 0.5) is 4.79 Å². The Morgan fingerprint density at radius 3 is 2.58 bits per heavy atom. The molecule has 0 radical (unpaired) electrons. The first-order valence-electron chi connectivity index (χ1n) is 6.55. The van der Waals surface area contributed by atoms with Gasteiger partial charge in [-0.05, 0) is 30.5 Å². The maximum Gasteiger partial charge on any atom is 0.317 e. The summed E-state index contributed by atoms with van der Waals surface area (Å²) >= 11 is 5.81. The minimum Gasteiger partial charge on any atom is -0.395 e. The van der Waals surface area contributed by atoms with Crippen LogP contribution in [0.2, 0.25) is 5.02 Å². The number of nitrogens with one attached hydrogen (secondary N) is 1. The minimum atomic E-state index is -0.120. The van der Waals surface area contributed by atoms with Crippen molar-refractivity contribution in [1.82, 2.24) is 10.2 Å². The van der Waals surface area contributed by atoms with Crippen molar-refractivity contribution in [2.75, 3.05) is 26.2 Å². The number of urea groups is 1. The summed E-state index contributed by atoms with van der Waals surface area (Å²) in [6.07, 6.45) is 1.65. The van der Waals surface area contributed by atoms with E-state index in [2.05, 4.69) is 5.32 Å². The summed E-state index contributed by atoms with van der Waals surface area (Å²) in [5.41, 5.74) is 1.13. The number of aliphatic hydroxyl groups is 1. The monoisotopic (exact) mass is 284 g/mol. The summed E-state index contributed by atoms with van der Waals surface area (Å²) in [6.45, 7) is 3.61. The van der Waals surface area contributed by atoms with Gasteiger partial charge in [0, 0.05) is 24.7 Å². The highest BCUT2D eigenvalue weighted by Gasteiger charge is 2.10. The van der Waals surface area contributed by atoms with Crippen LogP contribution in [0.25, 0.3) is 0 Å². The second-order valence-electron chi connectivity index (χ2n) is 4.32. The predicted octanol–water partition coefficient (Wildman–Crippen LogP) is 2.30. The van der Waals surface area contributed by atoms with Crippen molar-refractivity contribution in [3.05, 3.63) is 34.9 Å². The molecule has 0 fully saturated rings. The summed E-state index contributed by atoms with van der Waals surface area (Å²) in [4.78, 5) is 13.5. The van der Waals surface area contributed by atoms with Crippen LogP contribution < -0.4 is 5.32 Å². The Kier molecular flexibility index (Phi) is 7.30. The molecule has 0 unspecified atom stereocenters. The van der Waals surface area contributed by atoms with Crippen molar-refractivity contribution in [2.24, 2.45) is 0 Å². The van der Waals surface area contributed by atoms with E-state index in [0.29, 0.717) is 24.7 Å². The van der Waals surface area contributed by atoms with Crippen molar-refractivity contribution in [1.29, 1.82) is 0 Å². The van der Waals surface area contributed by atoms with Gasteiger partial charge in [-0.15, -0.1) is 0 Å². The van der Waals surface area contributed by atoms with E-state index in [-0.39, 0.29) is 12.6 Å². The van der Waals surface area contributed by atoms with Gasteiger partial charge in [0.05, 0.1) is 6.61 Å². The first-order valence-corrected chi connectivity index (χ1v) is 6.93. The van der Waals surface area contributed by atoms with Crippen molar-refractivity contribution < 1.29 is 9.90 Å². The average molecular weight is 285 g/mol. The number of halogens is 1. The summed E-state index contributed by atoms with van der Waals surface area (Å²) in [5, 5.41) is 12.5. The highest BCUT2D eigenvalue weighted by Crippen LogP contribution is 2.09. The summed E-state index contributed by atoms with van der Waals surface area (Å²) in [6, 6.07) is 7.46. The number of carbonyl (C=O) groups excluding carboxylic acids is 1. The number of carbonyl (C=O) groups is 1. The van der Waals surface area contributed by atoms with Crippen molar-refractivity contribution in [3.8, 4) is 0 Å². The Balaban J connectivity index is 2.34. The molecular weight excluding hydrogens is 264 g/mol. The van der Waals surface area contributed by atoms with E-state index in [9.17, 15) is 4.79 Å². The molecule has 0 saturated carbocycles. The number of nitrogens with zero attached hydrogens (tertiary/aromatic N) is 1. The Bertz CT molecular complexity index is 376. The molecule has 4 nitrogen and oxygen atoms in total. The highest BCUT2D eigenvalue weighted by atomic mass is 35.5. The Morgan fingerprint density at radius 1 is 1.32 bits per heavy atom. The molecular formula is C14H21ClN2O2. The molecule has 0 bridgehead atoms. The number of hydrogen-bond acceptors (Lipinski definition) is 2. The molecule has 0 atom stereocenters. The second-order valence-corrected chi connectivity index (χ2v) is 4.76. The molecule has 0 aliphatic heterocycles. The lowest BCUT2D eigenvalue weighted by Gasteiger charge is -2.21. The van der Waals surface area contributed by atoms with Gasteiger partial charge in [-0.25, -0.2) is 4.79 Å². The van der Waals surface area contributed by atoms with Crippen LogP contribution in [0.3, 0.4) is 0 Å². The van der Waals surface area contributed by atoms with E-state index in [1.807, 2.05) is 31.2 Å². The van der Waals surface area contributed by atoms with Gasteiger partial charge in [0.1, 0.15) is 0 Å². The first kappa shape index (κ1) is 15.8. The minimum absolute atomic E-state index is 0.00932. The molecule has 0 aliphatic rings. The summed E-state index contributed by atoms with van der Waals surface area (Å²) < 4.78 is 0. The molecule has 0 spiro atoms. The number of rotatable bonds is 7. The third-order valence-electron chi connectivity index (χ3n) is 2.75. The van der Waals surface area contributed by atoms with E-state index >= 15 is 0 Å². The summed E-state index contributed by atoms with van der Waals surface area (Å²) in [5.74, 6) is 0. The molecule has 1 aromatic carbocycles. The molecule has 5 heteroatoms. The number of amides is 2. The molecule has 2 amide bonds. The fraction of sp³-hybridized carbons (Fsp3) is 0.500. The maximum atomic E-state index is 11.9. The standard InChI is InChI=1S/C14H21ClN2O2/c1-2-9-17(10-11-18)14(19)16-8-7-12-3-5-13(15)6-4-12/h3-6,18H,2,7-11H2,1H3,(H,16,19). The molecule has 0 aliphatic carbocycles. The molecule has 0 aromatic heterocycles. The molecule has 106 valence electrons. The Labute approximate surface area is 119 Å². The van der Waals surface area contributed by atoms with Gasteiger partial charge in [-0.2, -0.15) is 0 Å². The molecule has 1 aromatic rings. The molecule has 2 N–H and O–H groups in total. The van der Waals surface area contributed by atoms with Crippen molar-refractivity contribution in [3.63, 3.8) is 0 Å². The third-order valence-corrected chi connectivity index (χ3v) is 3.01. The van der Waals surface area contributed by atoms with Crippen molar-refractivity contribution >= 4 is 17.6 Å². The molecule has 0 saturated heterocycles. The van der Waals surface area contributed by atoms with Gasteiger partial charge < -0.3 is 15.3 Å². The number of benzene rings is 1. The van der Waals surface area contributed by atoms with Crippen LogP contribution in [-0.4, -0.2) is 42.3 Å². The van der Waals surface area contributed by atoms with Crippen LogP contribution >= 0.6 is 11.6 Å². The van der Waals surface area contributed by atoms with Gasteiger partial charge in [0.15, 0.2) is 0 Å². The van der Waals surface area contributed by atoms with Crippen LogP contribution in [0, 0.1) is 0 Å². The molecule has 0 heterocycles. The lowest BCUT2D eigenvalue weighted by molar-refractivity contribution is 0.177. The van der Waals surface area contributed by atoms with Crippen LogP contribution in [-0.2, 0) is 6.42 Å². The zero-order valence-electron chi connectivity index (χ0n) is 11.2. The van der Waals surface area contributed by atoms with Gasteiger partial charge in [0.2, 0.25) is 0 Å². The van der Waals surface area contributed by atoms with E-state index in [1.165, 1.54) is 0 Å². The second kappa shape index (κ2) is 8.77. The lowest BCUT2D eigenvalue weighted by atomic mass is 10.1. The average Bonchev–Trinajstić information content (AvgIpc) is 2.40. The largest absolute Gasteiger partial charge is 0.395 e. The van der Waals surface area contributed by atoms with Gasteiger partial charge >= 0.3 is 6.03 Å².